The van der Waals surface area contributed by atoms with E-state index in [1.165, 1.54) is 0 Å². The van der Waals surface area contributed by atoms with Gasteiger partial charge in [0.1, 0.15) is 0 Å². The molecular formula is C16H15N3O2. The van der Waals surface area contributed by atoms with E-state index in [-0.39, 0.29) is 0 Å². The van der Waals surface area contributed by atoms with Gasteiger partial charge in [0.15, 0.2) is 5.82 Å². The zero-order valence-electron chi connectivity index (χ0n) is 11.4. The second-order valence-corrected chi connectivity index (χ2v) is 4.77. The third-order valence-electron chi connectivity index (χ3n) is 3.15. The molecule has 5 nitrogen and oxygen atoms in total. The molecule has 0 fully saturated rings. The molecule has 2 aromatic heterocycles. The lowest BCUT2D eigenvalue weighted by Crippen LogP contribution is -2.02. The zero-order valence-corrected chi connectivity index (χ0v) is 11.4. The molecule has 0 radical (unpaired) electrons. The molecule has 0 spiro atoms. The quantitative estimate of drug-likeness (QED) is 0.777. The number of aliphatic hydroxyl groups excluding tert-OH is 1. The highest BCUT2D eigenvalue weighted by molar-refractivity contribution is 5.18. The standard InChI is InChI=1S/C16H15N3O2/c20-14(13-6-2-1-3-7-13)10-16-18-15(19-21-16)9-12-5-4-8-17-11-12/h1-8,11,14,20H,9-10H2. The molecule has 1 aromatic carbocycles. The molecule has 5 heteroatoms. The van der Waals surface area contributed by atoms with Gasteiger partial charge in [-0.15, -0.1) is 0 Å². The fourth-order valence-corrected chi connectivity index (χ4v) is 2.09. The Hall–Kier alpha value is -2.53. The van der Waals surface area contributed by atoms with E-state index >= 15 is 0 Å². The molecular weight excluding hydrogens is 266 g/mol. The van der Waals surface area contributed by atoms with Gasteiger partial charge in [0.2, 0.25) is 5.89 Å². The lowest BCUT2D eigenvalue weighted by atomic mass is 10.1. The van der Waals surface area contributed by atoms with Crippen molar-refractivity contribution in [3.8, 4) is 0 Å². The van der Waals surface area contributed by atoms with Gasteiger partial charge in [0, 0.05) is 18.8 Å². The Labute approximate surface area is 122 Å². The van der Waals surface area contributed by atoms with Gasteiger partial charge in [-0.2, -0.15) is 4.98 Å². The number of hydrogen-bond acceptors (Lipinski definition) is 5. The lowest BCUT2D eigenvalue weighted by molar-refractivity contribution is 0.164. The van der Waals surface area contributed by atoms with Gasteiger partial charge in [-0.25, -0.2) is 0 Å². The zero-order chi connectivity index (χ0) is 14.5. The first-order valence-corrected chi connectivity index (χ1v) is 6.74. The number of benzene rings is 1. The largest absolute Gasteiger partial charge is 0.388 e. The summed E-state index contributed by atoms with van der Waals surface area (Å²) in [6.07, 6.45) is 3.73. The minimum Gasteiger partial charge on any atom is -0.388 e. The summed E-state index contributed by atoms with van der Waals surface area (Å²) < 4.78 is 5.19. The Bertz CT molecular complexity index is 683. The Morgan fingerprint density at radius 3 is 2.71 bits per heavy atom. The van der Waals surface area contributed by atoms with Gasteiger partial charge < -0.3 is 9.63 Å². The van der Waals surface area contributed by atoms with Crippen LogP contribution in [0.5, 0.6) is 0 Å². The molecule has 0 bridgehead atoms. The Morgan fingerprint density at radius 2 is 1.95 bits per heavy atom. The van der Waals surface area contributed by atoms with E-state index < -0.39 is 6.10 Å². The SMILES string of the molecule is OC(Cc1nc(Cc2cccnc2)no1)c1ccccc1. The minimum absolute atomic E-state index is 0.310. The van der Waals surface area contributed by atoms with E-state index in [0.29, 0.717) is 24.6 Å². The van der Waals surface area contributed by atoms with Crippen LogP contribution >= 0.6 is 0 Å². The van der Waals surface area contributed by atoms with Crippen molar-refractivity contribution in [2.75, 3.05) is 0 Å². The van der Waals surface area contributed by atoms with Crippen molar-refractivity contribution in [3.05, 3.63) is 77.7 Å². The first-order valence-electron chi connectivity index (χ1n) is 6.74. The predicted octanol–water partition coefficient (Wildman–Crippen LogP) is 2.33. The van der Waals surface area contributed by atoms with Crippen LogP contribution in [0.2, 0.25) is 0 Å². The van der Waals surface area contributed by atoms with Crippen molar-refractivity contribution in [2.24, 2.45) is 0 Å². The Kier molecular flexibility index (Phi) is 4.02. The van der Waals surface area contributed by atoms with E-state index in [1.54, 1.807) is 12.4 Å². The van der Waals surface area contributed by atoms with E-state index in [9.17, 15) is 5.11 Å². The van der Waals surface area contributed by atoms with Crippen molar-refractivity contribution in [1.82, 2.24) is 15.1 Å². The summed E-state index contributed by atoms with van der Waals surface area (Å²) in [5.74, 6) is 1.03. The number of rotatable bonds is 5. The molecule has 0 saturated heterocycles. The second kappa shape index (κ2) is 6.28. The first-order chi connectivity index (χ1) is 10.3. The van der Waals surface area contributed by atoms with Gasteiger partial charge in [0.25, 0.3) is 0 Å². The van der Waals surface area contributed by atoms with Crippen LogP contribution < -0.4 is 0 Å². The van der Waals surface area contributed by atoms with Gasteiger partial charge >= 0.3 is 0 Å². The summed E-state index contributed by atoms with van der Waals surface area (Å²) in [7, 11) is 0. The molecule has 2 heterocycles. The summed E-state index contributed by atoms with van der Waals surface area (Å²) in [5, 5.41) is 14.1. The van der Waals surface area contributed by atoms with Crippen LogP contribution in [0.3, 0.4) is 0 Å². The van der Waals surface area contributed by atoms with Gasteiger partial charge in [-0.1, -0.05) is 41.6 Å². The third-order valence-corrected chi connectivity index (χ3v) is 3.15. The minimum atomic E-state index is -0.641. The molecule has 0 amide bonds. The topological polar surface area (TPSA) is 72.0 Å². The number of hydrogen-bond donors (Lipinski definition) is 1. The molecule has 0 aliphatic heterocycles. The first kappa shape index (κ1) is 13.5. The van der Waals surface area contributed by atoms with Crippen LogP contribution in [0, 0.1) is 0 Å². The maximum Gasteiger partial charge on any atom is 0.229 e. The molecule has 0 aliphatic carbocycles. The summed E-state index contributed by atoms with van der Waals surface area (Å²) in [4.78, 5) is 8.35. The van der Waals surface area contributed by atoms with E-state index in [0.717, 1.165) is 11.1 Å². The van der Waals surface area contributed by atoms with E-state index in [1.807, 2.05) is 42.5 Å². The van der Waals surface area contributed by atoms with Crippen LogP contribution in [0.15, 0.2) is 59.4 Å². The number of aliphatic hydroxyl groups is 1. The Morgan fingerprint density at radius 1 is 1.10 bits per heavy atom. The van der Waals surface area contributed by atoms with Crippen LogP contribution in [-0.4, -0.2) is 20.2 Å². The van der Waals surface area contributed by atoms with Crippen molar-refractivity contribution >= 4 is 0 Å². The highest BCUT2D eigenvalue weighted by atomic mass is 16.5. The highest BCUT2D eigenvalue weighted by Gasteiger charge is 2.14. The van der Waals surface area contributed by atoms with Gasteiger partial charge in [-0.3, -0.25) is 4.98 Å². The van der Waals surface area contributed by atoms with Crippen molar-refractivity contribution in [1.29, 1.82) is 0 Å². The van der Waals surface area contributed by atoms with Crippen LogP contribution in [0.4, 0.5) is 0 Å². The van der Waals surface area contributed by atoms with Crippen molar-refractivity contribution in [3.63, 3.8) is 0 Å². The summed E-state index contributed by atoms with van der Waals surface area (Å²) in [5.41, 5.74) is 1.86. The van der Waals surface area contributed by atoms with Crippen LogP contribution in [0.25, 0.3) is 0 Å². The maximum atomic E-state index is 10.1. The molecule has 0 aliphatic rings. The lowest BCUT2D eigenvalue weighted by Gasteiger charge is -2.07. The van der Waals surface area contributed by atoms with Crippen LogP contribution in [0.1, 0.15) is 28.9 Å². The summed E-state index contributed by atoms with van der Waals surface area (Å²) in [6.45, 7) is 0. The maximum absolute atomic E-state index is 10.1. The monoisotopic (exact) mass is 281 g/mol. The normalized spacial score (nSPS) is 12.2. The fraction of sp³-hybridized carbons (Fsp3) is 0.188. The highest BCUT2D eigenvalue weighted by Crippen LogP contribution is 2.17. The molecule has 21 heavy (non-hydrogen) atoms. The Balaban J connectivity index is 1.65. The van der Waals surface area contributed by atoms with Gasteiger partial charge in [-0.05, 0) is 17.2 Å². The molecule has 1 N–H and O–H groups in total. The molecule has 3 rings (SSSR count). The number of aromatic nitrogens is 3. The van der Waals surface area contributed by atoms with E-state index in [4.69, 9.17) is 4.52 Å². The molecule has 0 saturated carbocycles. The third kappa shape index (κ3) is 3.52. The average molecular weight is 281 g/mol. The smallest absolute Gasteiger partial charge is 0.229 e. The van der Waals surface area contributed by atoms with Crippen molar-refractivity contribution < 1.29 is 9.63 Å². The molecule has 3 aromatic rings. The van der Waals surface area contributed by atoms with E-state index in [2.05, 4.69) is 15.1 Å². The van der Waals surface area contributed by atoms with Crippen molar-refractivity contribution in [2.45, 2.75) is 18.9 Å². The van der Waals surface area contributed by atoms with Gasteiger partial charge in [0.05, 0.1) is 12.5 Å². The number of pyridine rings is 1. The number of nitrogens with zero attached hydrogens (tertiary/aromatic N) is 3. The van der Waals surface area contributed by atoms with Crippen LogP contribution in [-0.2, 0) is 12.8 Å². The molecule has 1 unspecified atom stereocenters. The predicted molar refractivity (Wildman–Crippen MR) is 76.4 cm³/mol. The summed E-state index contributed by atoms with van der Waals surface area (Å²) in [6, 6.07) is 13.3. The average Bonchev–Trinajstić information content (AvgIpc) is 2.96. The molecule has 1 atom stereocenters. The second-order valence-electron chi connectivity index (χ2n) is 4.77. The molecule has 106 valence electrons. The summed E-state index contributed by atoms with van der Waals surface area (Å²) >= 11 is 0. The fourth-order valence-electron chi connectivity index (χ4n) is 2.09.